The number of hydrogen-bond acceptors (Lipinski definition) is 3. The molecule has 0 bridgehead atoms. The van der Waals surface area contributed by atoms with Gasteiger partial charge in [0.25, 0.3) is 0 Å². The van der Waals surface area contributed by atoms with Crippen LogP contribution in [-0.4, -0.2) is 73.7 Å². The minimum Gasteiger partial charge on any atom is -0.356 e. The molecule has 0 amide bonds. The molecule has 146 valence electrons. The van der Waals surface area contributed by atoms with Gasteiger partial charge in [-0.1, -0.05) is 6.42 Å². The van der Waals surface area contributed by atoms with Gasteiger partial charge < -0.3 is 20.4 Å². The number of aliphatic imine (C=N–C) groups is 1. The van der Waals surface area contributed by atoms with Gasteiger partial charge in [-0.2, -0.15) is 0 Å². The van der Waals surface area contributed by atoms with Crippen molar-refractivity contribution >= 4 is 5.96 Å². The number of guanidine groups is 1. The van der Waals surface area contributed by atoms with Crippen LogP contribution in [0.15, 0.2) is 4.99 Å². The Morgan fingerprint density at radius 3 is 2.48 bits per heavy atom. The second-order valence-electron chi connectivity index (χ2n) is 8.14. The summed E-state index contributed by atoms with van der Waals surface area (Å²) in [6.45, 7) is 12.9. The van der Waals surface area contributed by atoms with E-state index in [9.17, 15) is 0 Å². The van der Waals surface area contributed by atoms with E-state index in [4.69, 9.17) is 0 Å². The normalized spacial score (nSPS) is 24.7. The van der Waals surface area contributed by atoms with E-state index in [1.54, 1.807) is 0 Å². The summed E-state index contributed by atoms with van der Waals surface area (Å²) in [5.74, 6) is 0.981. The summed E-state index contributed by atoms with van der Waals surface area (Å²) in [5, 5.41) is 7.12. The van der Waals surface area contributed by atoms with Gasteiger partial charge in [0.05, 0.1) is 0 Å². The lowest BCUT2D eigenvalue weighted by molar-refractivity contribution is 0.158. The molecule has 2 aliphatic heterocycles. The zero-order valence-corrected chi connectivity index (χ0v) is 17.1. The molecule has 2 saturated heterocycles. The van der Waals surface area contributed by atoms with Gasteiger partial charge >= 0.3 is 0 Å². The molecule has 2 N–H and O–H groups in total. The highest BCUT2D eigenvalue weighted by atomic mass is 15.2. The van der Waals surface area contributed by atoms with E-state index in [-0.39, 0.29) is 0 Å². The summed E-state index contributed by atoms with van der Waals surface area (Å²) >= 11 is 0. The molecule has 0 radical (unpaired) electrons. The standard InChI is InChI=1S/C20H41N5/c1-17(2)24-15-10-19(11-16-24)23-20(21-4)22-12-6-8-14-25-13-7-5-9-18(25)3/h17-19H,5-16H2,1-4H3,(H2,21,22,23). The van der Waals surface area contributed by atoms with Crippen LogP contribution in [0, 0.1) is 0 Å². The lowest BCUT2D eigenvalue weighted by Crippen LogP contribution is -2.50. The third-order valence-corrected chi connectivity index (χ3v) is 5.93. The number of rotatable bonds is 7. The lowest BCUT2D eigenvalue weighted by atomic mass is 10.0. The smallest absolute Gasteiger partial charge is 0.191 e. The molecule has 0 aromatic carbocycles. The van der Waals surface area contributed by atoms with Crippen molar-refractivity contribution in [2.75, 3.05) is 39.8 Å². The van der Waals surface area contributed by atoms with E-state index in [1.165, 1.54) is 71.1 Å². The SMILES string of the molecule is CN=C(NCCCCN1CCCCC1C)NC1CCN(C(C)C)CC1. The van der Waals surface area contributed by atoms with Gasteiger partial charge in [0.2, 0.25) is 0 Å². The first-order chi connectivity index (χ1) is 12.1. The van der Waals surface area contributed by atoms with E-state index < -0.39 is 0 Å². The van der Waals surface area contributed by atoms with E-state index >= 15 is 0 Å². The molecule has 1 unspecified atom stereocenters. The Morgan fingerprint density at radius 1 is 1.08 bits per heavy atom. The fourth-order valence-corrected chi connectivity index (χ4v) is 4.08. The molecule has 2 rings (SSSR count). The van der Waals surface area contributed by atoms with Gasteiger partial charge in [-0.15, -0.1) is 0 Å². The zero-order chi connectivity index (χ0) is 18.1. The second-order valence-corrected chi connectivity index (χ2v) is 8.14. The molecule has 5 nitrogen and oxygen atoms in total. The molecule has 0 saturated carbocycles. The minimum atomic E-state index is 0.565. The molecule has 0 spiro atoms. The van der Waals surface area contributed by atoms with E-state index in [0.29, 0.717) is 12.1 Å². The summed E-state index contributed by atoms with van der Waals surface area (Å²) in [5.41, 5.74) is 0. The first kappa shape index (κ1) is 20.5. The summed E-state index contributed by atoms with van der Waals surface area (Å²) in [6.07, 6.45) is 9.10. The Bertz CT molecular complexity index is 388. The van der Waals surface area contributed by atoms with E-state index in [1.807, 2.05) is 7.05 Å². The van der Waals surface area contributed by atoms with Crippen LogP contribution in [0.2, 0.25) is 0 Å². The third-order valence-electron chi connectivity index (χ3n) is 5.93. The van der Waals surface area contributed by atoms with Gasteiger partial charge in [-0.3, -0.25) is 4.99 Å². The van der Waals surface area contributed by atoms with E-state index in [2.05, 4.69) is 46.2 Å². The van der Waals surface area contributed by atoms with Crippen LogP contribution >= 0.6 is 0 Å². The summed E-state index contributed by atoms with van der Waals surface area (Å²) in [6, 6.07) is 2.02. The predicted molar refractivity (Wildman–Crippen MR) is 108 cm³/mol. The molecular formula is C20H41N5. The van der Waals surface area contributed by atoms with Crippen molar-refractivity contribution in [1.82, 2.24) is 20.4 Å². The molecule has 0 aliphatic carbocycles. The number of nitrogens with zero attached hydrogens (tertiary/aromatic N) is 3. The van der Waals surface area contributed by atoms with Crippen LogP contribution in [0.5, 0.6) is 0 Å². The fraction of sp³-hybridized carbons (Fsp3) is 0.950. The maximum atomic E-state index is 4.41. The Labute approximate surface area is 155 Å². The van der Waals surface area contributed by atoms with Crippen LogP contribution in [0.25, 0.3) is 0 Å². The summed E-state index contributed by atoms with van der Waals surface area (Å²) < 4.78 is 0. The molecule has 2 fully saturated rings. The van der Waals surface area contributed by atoms with Crippen molar-refractivity contribution in [2.45, 2.75) is 83.8 Å². The largest absolute Gasteiger partial charge is 0.356 e. The summed E-state index contributed by atoms with van der Waals surface area (Å²) in [7, 11) is 1.88. The maximum Gasteiger partial charge on any atom is 0.191 e. The van der Waals surface area contributed by atoms with E-state index in [0.717, 1.165) is 18.5 Å². The number of hydrogen-bond donors (Lipinski definition) is 2. The summed E-state index contributed by atoms with van der Waals surface area (Å²) in [4.78, 5) is 9.64. The number of unbranched alkanes of at least 4 members (excludes halogenated alkanes) is 1. The minimum absolute atomic E-state index is 0.565. The monoisotopic (exact) mass is 351 g/mol. The van der Waals surface area contributed by atoms with Gasteiger partial charge in [0.1, 0.15) is 0 Å². The quantitative estimate of drug-likeness (QED) is 0.420. The average molecular weight is 352 g/mol. The fourth-order valence-electron chi connectivity index (χ4n) is 4.08. The van der Waals surface area contributed by atoms with Gasteiger partial charge in [-0.25, -0.2) is 0 Å². The highest BCUT2D eigenvalue weighted by Crippen LogP contribution is 2.16. The first-order valence-electron chi connectivity index (χ1n) is 10.6. The molecule has 0 aromatic heterocycles. The number of nitrogens with one attached hydrogen (secondary N) is 2. The van der Waals surface area contributed by atoms with Crippen LogP contribution in [-0.2, 0) is 0 Å². The van der Waals surface area contributed by atoms with Crippen molar-refractivity contribution in [3.05, 3.63) is 0 Å². The number of likely N-dealkylation sites (tertiary alicyclic amines) is 2. The van der Waals surface area contributed by atoms with Crippen LogP contribution in [0.1, 0.15) is 65.7 Å². The lowest BCUT2D eigenvalue weighted by Gasteiger charge is -2.35. The molecule has 25 heavy (non-hydrogen) atoms. The van der Waals surface area contributed by atoms with Gasteiger partial charge in [0.15, 0.2) is 5.96 Å². The molecular weight excluding hydrogens is 310 g/mol. The maximum absolute atomic E-state index is 4.41. The Balaban J connectivity index is 1.56. The Morgan fingerprint density at radius 2 is 1.84 bits per heavy atom. The number of piperidine rings is 2. The highest BCUT2D eigenvalue weighted by molar-refractivity contribution is 5.79. The molecule has 0 aromatic rings. The van der Waals surface area contributed by atoms with Crippen LogP contribution in [0.4, 0.5) is 0 Å². The third kappa shape index (κ3) is 7.14. The second kappa shape index (κ2) is 11.0. The first-order valence-corrected chi connectivity index (χ1v) is 10.6. The molecule has 1 atom stereocenters. The molecule has 5 heteroatoms. The van der Waals surface area contributed by atoms with Gasteiger partial charge in [0, 0.05) is 44.8 Å². The molecule has 2 aliphatic rings. The Kier molecular flexibility index (Phi) is 9.04. The molecule has 2 heterocycles. The van der Waals surface area contributed by atoms with Crippen LogP contribution < -0.4 is 10.6 Å². The zero-order valence-electron chi connectivity index (χ0n) is 17.1. The van der Waals surface area contributed by atoms with Crippen molar-refractivity contribution in [2.24, 2.45) is 4.99 Å². The average Bonchev–Trinajstić information content (AvgIpc) is 2.62. The highest BCUT2D eigenvalue weighted by Gasteiger charge is 2.21. The van der Waals surface area contributed by atoms with Crippen molar-refractivity contribution in [3.8, 4) is 0 Å². The van der Waals surface area contributed by atoms with Crippen LogP contribution in [0.3, 0.4) is 0 Å². The van der Waals surface area contributed by atoms with Crippen molar-refractivity contribution in [1.29, 1.82) is 0 Å². The van der Waals surface area contributed by atoms with Crippen molar-refractivity contribution in [3.63, 3.8) is 0 Å². The Hall–Kier alpha value is -0.810. The van der Waals surface area contributed by atoms with Crippen molar-refractivity contribution < 1.29 is 0 Å². The van der Waals surface area contributed by atoms with Gasteiger partial charge in [-0.05, 0) is 72.4 Å². The predicted octanol–water partition coefficient (Wildman–Crippen LogP) is 2.68. The topological polar surface area (TPSA) is 42.9 Å².